The maximum absolute atomic E-state index is 8.84. The van der Waals surface area contributed by atoms with Crippen LogP contribution in [0.1, 0.15) is 23.6 Å². The van der Waals surface area contributed by atoms with Crippen molar-refractivity contribution < 1.29 is 9.84 Å². The third-order valence-corrected chi connectivity index (χ3v) is 3.00. The minimum Gasteiger partial charge on any atom is -0.496 e. The summed E-state index contributed by atoms with van der Waals surface area (Å²) in [7, 11) is 1.63. The van der Waals surface area contributed by atoms with Gasteiger partial charge in [-0.05, 0) is 52.5 Å². The van der Waals surface area contributed by atoms with Gasteiger partial charge in [0.25, 0.3) is 0 Å². The number of aryl methyl sites for hydroxylation is 1. The van der Waals surface area contributed by atoms with Crippen molar-refractivity contribution in [3.8, 4) is 5.75 Å². The van der Waals surface area contributed by atoms with Gasteiger partial charge in [0.15, 0.2) is 0 Å². The molecule has 0 spiro atoms. The maximum Gasteiger partial charge on any atom is 0.133 e. The van der Waals surface area contributed by atoms with Crippen molar-refractivity contribution in [1.29, 1.82) is 0 Å². The second-order valence-electron chi connectivity index (χ2n) is 3.46. The zero-order valence-corrected chi connectivity index (χ0v) is 10.5. The van der Waals surface area contributed by atoms with Crippen molar-refractivity contribution in [3.63, 3.8) is 0 Å². The largest absolute Gasteiger partial charge is 0.496 e. The van der Waals surface area contributed by atoms with Crippen LogP contribution in [0.25, 0.3) is 0 Å². The highest BCUT2D eigenvalue weighted by Gasteiger charge is 2.11. The normalized spacial score (nSPS) is 12.6. The molecular weight excluding hydrogens is 258 g/mol. The molecule has 3 N–H and O–H groups in total. The topological polar surface area (TPSA) is 55.5 Å². The van der Waals surface area contributed by atoms with E-state index in [1.54, 1.807) is 7.11 Å². The van der Waals surface area contributed by atoms with Gasteiger partial charge in [-0.15, -0.1) is 0 Å². The molecule has 1 aromatic carbocycles. The number of hydrogen-bond acceptors (Lipinski definition) is 3. The average molecular weight is 274 g/mol. The van der Waals surface area contributed by atoms with E-state index < -0.39 is 0 Å². The predicted molar refractivity (Wildman–Crippen MR) is 64.1 cm³/mol. The Kier molecular flexibility index (Phi) is 4.57. The fraction of sp³-hybridized carbons (Fsp3) is 0.455. The van der Waals surface area contributed by atoms with E-state index >= 15 is 0 Å². The van der Waals surface area contributed by atoms with Crippen LogP contribution >= 0.6 is 15.9 Å². The molecule has 0 heterocycles. The molecule has 0 aliphatic heterocycles. The number of rotatable bonds is 4. The molecule has 0 aliphatic rings. The monoisotopic (exact) mass is 273 g/mol. The van der Waals surface area contributed by atoms with E-state index in [4.69, 9.17) is 15.6 Å². The van der Waals surface area contributed by atoms with Crippen LogP contribution in [-0.4, -0.2) is 18.8 Å². The molecule has 0 aromatic heterocycles. The Morgan fingerprint density at radius 3 is 2.73 bits per heavy atom. The summed E-state index contributed by atoms with van der Waals surface area (Å²) in [5.41, 5.74) is 8.06. The van der Waals surface area contributed by atoms with Gasteiger partial charge in [0.05, 0.1) is 11.6 Å². The lowest BCUT2D eigenvalue weighted by Gasteiger charge is -2.15. The number of nitrogens with two attached hydrogens (primary N) is 1. The highest BCUT2D eigenvalue weighted by Crippen LogP contribution is 2.31. The third-order valence-electron chi connectivity index (χ3n) is 2.38. The van der Waals surface area contributed by atoms with E-state index in [1.165, 1.54) is 0 Å². The van der Waals surface area contributed by atoms with Crippen molar-refractivity contribution >= 4 is 15.9 Å². The molecule has 1 unspecified atom stereocenters. The lowest BCUT2D eigenvalue weighted by Crippen LogP contribution is -2.13. The fourth-order valence-electron chi connectivity index (χ4n) is 1.52. The molecule has 0 aliphatic carbocycles. The molecule has 84 valence electrons. The molecule has 0 radical (unpaired) electrons. The van der Waals surface area contributed by atoms with Gasteiger partial charge in [-0.3, -0.25) is 0 Å². The summed E-state index contributed by atoms with van der Waals surface area (Å²) in [5.74, 6) is 0.799. The Morgan fingerprint density at radius 2 is 2.20 bits per heavy atom. The van der Waals surface area contributed by atoms with Gasteiger partial charge in [-0.2, -0.15) is 0 Å². The number of methoxy groups -OCH3 is 1. The number of benzene rings is 1. The van der Waals surface area contributed by atoms with E-state index in [2.05, 4.69) is 15.9 Å². The van der Waals surface area contributed by atoms with Crippen LogP contribution in [0.2, 0.25) is 0 Å². The zero-order valence-electron chi connectivity index (χ0n) is 8.96. The SMILES string of the molecule is COc1cc(C)c(C(N)CCO)cc1Br. The van der Waals surface area contributed by atoms with Crippen LogP contribution in [0, 0.1) is 6.92 Å². The van der Waals surface area contributed by atoms with E-state index in [1.807, 2.05) is 19.1 Å². The second kappa shape index (κ2) is 5.49. The van der Waals surface area contributed by atoms with Gasteiger partial charge in [0.1, 0.15) is 5.75 Å². The highest BCUT2D eigenvalue weighted by atomic mass is 79.9. The van der Waals surface area contributed by atoms with Gasteiger partial charge in [-0.25, -0.2) is 0 Å². The van der Waals surface area contributed by atoms with Crippen molar-refractivity contribution in [2.45, 2.75) is 19.4 Å². The zero-order chi connectivity index (χ0) is 11.4. The summed E-state index contributed by atoms with van der Waals surface area (Å²) in [5, 5.41) is 8.84. The number of halogens is 1. The Morgan fingerprint density at radius 1 is 1.53 bits per heavy atom. The van der Waals surface area contributed by atoms with E-state index in [-0.39, 0.29) is 12.6 Å². The standard InChI is InChI=1S/C11H16BrNO2/c1-7-5-11(15-2)9(12)6-8(7)10(13)3-4-14/h5-6,10,14H,3-4,13H2,1-2H3. The minimum atomic E-state index is -0.128. The van der Waals surface area contributed by atoms with Crippen molar-refractivity contribution in [3.05, 3.63) is 27.7 Å². The maximum atomic E-state index is 8.84. The van der Waals surface area contributed by atoms with Crippen LogP contribution in [0.15, 0.2) is 16.6 Å². The number of aliphatic hydroxyl groups is 1. The molecule has 15 heavy (non-hydrogen) atoms. The van der Waals surface area contributed by atoms with Gasteiger partial charge in [0.2, 0.25) is 0 Å². The smallest absolute Gasteiger partial charge is 0.133 e. The first-order chi connectivity index (χ1) is 7.10. The lowest BCUT2D eigenvalue weighted by atomic mass is 9.99. The Hall–Kier alpha value is -0.580. The van der Waals surface area contributed by atoms with Gasteiger partial charge < -0.3 is 15.6 Å². The lowest BCUT2D eigenvalue weighted by molar-refractivity contribution is 0.276. The Bertz CT molecular complexity index is 342. The Labute approximate surface area is 98.4 Å². The summed E-state index contributed by atoms with van der Waals surface area (Å²) in [6, 6.07) is 3.77. The second-order valence-corrected chi connectivity index (χ2v) is 4.32. The number of aliphatic hydroxyl groups excluding tert-OH is 1. The summed E-state index contributed by atoms with van der Waals surface area (Å²) in [6.45, 7) is 2.09. The number of ether oxygens (including phenoxy) is 1. The first-order valence-electron chi connectivity index (χ1n) is 4.80. The van der Waals surface area contributed by atoms with Crippen LogP contribution < -0.4 is 10.5 Å². The third kappa shape index (κ3) is 2.93. The van der Waals surface area contributed by atoms with Gasteiger partial charge in [-0.1, -0.05) is 0 Å². The molecule has 3 nitrogen and oxygen atoms in total. The molecule has 1 atom stereocenters. The molecule has 0 saturated heterocycles. The molecule has 0 bridgehead atoms. The van der Waals surface area contributed by atoms with Crippen LogP contribution in [-0.2, 0) is 0 Å². The van der Waals surface area contributed by atoms with Crippen LogP contribution in [0.3, 0.4) is 0 Å². The van der Waals surface area contributed by atoms with E-state index in [9.17, 15) is 0 Å². The molecule has 1 aromatic rings. The summed E-state index contributed by atoms with van der Waals surface area (Å²) >= 11 is 3.42. The molecule has 1 rings (SSSR count). The van der Waals surface area contributed by atoms with Crippen molar-refractivity contribution in [1.82, 2.24) is 0 Å². The molecule has 0 saturated carbocycles. The molecule has 0 amide bonds. The Balaban J connectivity index is 3.04. The molecule has 0 fully saturated rings. The van der Waals surface area contributed by atoms with Crippen molar-refractivity contribution in [2.24, 2.45) is 5.73 Å². The van der Waals surface area contributed by atoms with Crippen LogP contribution in [0.4, 0.5) is 0 Å². The quantitative estimate of drug-likeness (QED) is 0.884. The van der Waals surface area contributed by atoms with Gasteiger partial charge >= 0.3 is 0 Å². The van der Waals surface area contributed by atoms with Crippen molar-refractivity contribution in [2.75, 3.05) is 13.7 Å². The van der Waals surface area contributed by atoms with E-state index in [0.29, 0.717) is 6.42 Å². The minimum absolute atomic E-state index is 0.101. The summed E-state index contributed by atoms with van der Waals surface area (Å²) in [6.07, 6.45) is 0.569. The predicted octanol–water partition coefficient (Wildman–Crippen LogP) is 2.15. The van der Waals surface area contributed by atoms with Crippen LogP contribution in [0.5, 0.6) is 5.75 Å². The van der Waals surface area contributed by atoms with E-state index in [0.717, 1.165) is 21.3 Å². The molecule has 4 heteroatoms. The van der Waals surface area contributed by atoms with Gasteiger partial charge in [0, 0.05) is 12.6 Å². The summed E-state index contributed by atoms with van der Waals surface area (Å²) < 4.78 is 6.07. The summed E-state index contributed by atoms with van der Waals surface area (Å²) in [4.78, 5) is 0. The highest BCUT2D eigenvalue weighted by molar-refractivity contribution is 9.10. The molecular formula is C11H16BrNO2. The first-order valence-corrected chi connectivity index (χ1v) is 5.60. The number of hydrogen-bond donors (Lipinski definition) is 2. The fourth-order valence-corrected chi connectivity index (χ4v) is 2.04. The average Bonchev–Trinajstić information content (AvgIpc) is 2.21. The first kappa shape index (κ1) is 12.5.